The zero-order valence-corrected chi connectivity index (χ0v) is 9.17. The van der Waals surface area contributed by atoms with Crippen LogP contribution in [0.1, 0.15) is 26.2 Å². The van der Waals surface area contributed by atoms with Gasteiger partial charge in [0.05, 0.1) is 13.2 Å². The summed E-state index contributed by atoms with van der Waals surface area (Å²) in [6.07, 6.45) is 4.11. The van der Waals surface area contributed by atoms with Gasteiger partial charge in [-0.1, -0.05) is 13.3 Å². The first-order chi connectivity index (χ1) is 6.71. The monoisotopic (exact) mass is 198 g/mol. The Kier molecular flexibility index (Phi) is 3.10. The van der Waals surface area contributed by atoms with E-state index in [1.54, 1.807) is 0 Å². The molecule has 2 saturated heterocycles. The van der Waals surface area contributed by atoms with Gasteiger partial charge in [0, 0.05) is 18.0 Å². The van der Waals surface area contributed by atoms with Crippen LogP contribution in [0.4, 0.5) is 0 Å². The van der Waals surface area contributed by atoms with Gasteiger partial charge in [-0.25, -0.2) is 0 Å². The molecule has 0 saturated carbocycles. The molecule has 2 N–H and O–H groups in total. The minimum atomic E-state index is 0.192. The van der Waals surface area contributed by atoms with Gasteiger partial charge in [0.2, 0.25) is 0 Å². The number of piperidine rings is 1. The molecule has 0 aliphatic carbocycles. The summed E-state index contributed by atoms with van der Waals surface area (Å²) >= 11 is 0. The van der Waals surface area contributed by atoms with Gasteiger partial charge in [0.15, 0.2) is 0 Å². The van der Waals surface area contributed by atoms with Crippen molar-refractivity contribution in [2.24, 2.45) is 11.1 Å². The number of nitrogens with two attached hydrogens (primary N) is 1. The third kappa shape index (κ3) is 2.10. The molecule has 0 amide bonds. The van der Waals surface area contributed by atoms with Crippen molar-refractivity contribution in [2.75, 3.05) is 32.8 Å². The molecule has 2 heterocycles. The molecule has 2 unspecified atom stereocenters. The van der Waals surface area contributed by atoms with Gasteiger partial charge in [-0.2, -0.15) is 0 Å². The van der Waals surface area contributed by atoms with Gasteiger partial charge in [-0.15, -0.1) is 0 Å². The molecular weight excluding hydrogens is 176 g/mol. The summed E-state index contributed by atoms with van der Waals surface area (Å²) in [7, 11) is 0. The molecule has 2 aliphatic heterocycles. The van der Waals surface area contributed by atoms with Gasteiger partial charge in [-0.05, 0) is 25.9 Å². The van der Waals surface area contributed by atoms with Crippen LogP contribution in [-0.4, -0.2) is 43.8 Å². The van der Waals surface area contributed by atoms with E-state index in [0.29, 0.717) is 0 Å². The highest BCUT2D eigenvalue weighted by Gasteiger charge is 2.38. The van der Waals surface area contributed by atoms with Crippen LogP contribution in [0.3, 0.4) is 0 Å². The minimum absolute atomic E-state index is 0.192. The Morgan fingerprint density at radius 2 is 2.07 bits per heavy atom. The van der Waals surface area contributed by atoms with Crippen molar-refractivity contribution < 1.29 is 4.74 Å². The van der Waals surface area contributed by atoms with Crippen molar-refractivity contribution in [1.82, 2.24) is 4.90 Å². The SMILES string of the molecule is CC1(CN2CCCCC2)COCC1N. The van der Waals surface area contributed by atoms with Gasteiger partial charge >= 0.3 is 0 Å². The maximum atomic E-state index is 6.08. The van der Waals surface area contributed by atoms with Gasteiger partial charge in [0.1, 0.15) is 0 Å². The molecule has 14 heavy (non-hydrogen) atoms. The molecule has 3 nitrogen and oxygen atoms in total. The Morgan fingerprint density at radius 3 is 2.64 bits per heavy atom. The Balaban J connectivity index is 1.88. The van der Waals surface area contributed by atoms with Gasteiger partial charge in [0.25, 0.3) is 0 Å². The van der Waals surface area contributed by atoms with Crippen LogP contribution < -0.4 is 5.73 Å². The molecule has 0 aromatic rings. The van der Waals surface area contributed by atoms with Crippen LogP contribution in [0.25, 0.3) is 0 Å². The first-order valence-corrected chi connectivity index (χ1v) is 5.76. The van der Waals surface area contributed by atoms with Crippen LogP contribution >= 0.6 is 0 Å². The lowest BCUT2D eigenvalue weighted by molar-refractivity contribution is 0.108. The summed E-state index contributed by atoms with van der Waals surface area (Å²) in [5, 5.41) is 0. The Labute approximate surface area is 86.6 Å². The van der Waals surface area contributed by atoms with E-state index in [9.17, 15) is 0 Å². The van der Waals surface area contributed by atoms with Crippen LogP contribution in [0.2, 0.25) is 0 Å². The predicted molar refractivity (Wildman–Crippen MR) is 57.2 cm³/mol. The van der Waals surface area contributed by atoms with E-state index in [2.05, 4.69) is 11.8 Å². The average Bonchev–Trinajstić information content (AvgIpc) is 2.48. The molecule has 82 valence electrons. The van der Waals surface area contributed by atoms with Crippen LogP contribution in [-0.2, 0) is 4.74 Å². The molecule has 2 rings (SSSR count). The molecule has 0 aromatic carbocycles. The summed E-state index contributed by atoms with van der Waals surface area (Å²) in [6.45, 7) is 7.47. The van der Waals surface area contributed by atoms with Crippen molar-refractivity contribution in [2.45, 2.75) is 32.2 Å². The lowest BCUT2D eigenvalue weighted by atomic mass is 9.85. The van der Waals surface area contributed by atoms with E-state index in [1.165, 1.54) is 32.4 Å². The summed E-state index contributed by atoms with van der Waals surface area (Å²) in [5.41, 5.74) is 6.27. The zero-order valence-electron chi connectivity index (χ0n) is 9.17. The molecule has 2 fully saturated rings. The van der Waals surface area contributed by atoms with E-state index in [1.807, 2.05) is 0 Å². The second-order valence-electron chi connectivity index (χ2n) is 5.11. The Hall–Kier alpha value is -0.120. The number of nitrogens with zero attached hydrogens (tertiary/aromatic N) is 1. The summed E-state index contributed by atoms with van der Waals surface area (Å²) in [6, 6.07) is 0.226. The summed E-state index contributed by atoms with van der Waals surface area (Å²) < 4.78 is 5.46. The van der Waals surface area contributed by atoms with Crippen LogP contribution in [0, 0.1) is 5.41 Å². The third-order valence-electron chi connectivity index (χ3n) is 3.66. The van der Waals surface area contributed by atoms with Gasteiger partial charge in [-0.3, -0.25) is 0 Å². The predicted octanol–water partition coefficient (Wildman–Crippen LogP) is 0.836. The Morgan fingerprint density at radius 1 is 1.36 bits per heavy atom. The highest BCUT2D eigenvalue weighted by Crippen LogP contribution is 2.29. The fourth-order valence-electron chi connectivity index (χ4n) is 2.52. The molecule has 0 bridgehead atoms. The smallest absolute Gasteiger partial charge is 0.0624 e. The topological polar surface area (TPSA) is 38.5 Å². The van der Waals surface area contributed by atoms with Crippen molar-refractivity contribution in [3.63, 3.8) is 0 Å². The van der Waals surface area contributed by atoms with Crippen molar-refractivity contribution in [3.8, 4) is 0 Å². The third-order valence-corrected chi connectivity index (χ3v) is 3.66. The normalized spacial score (nSPS) is 40.3. The number of hydrogen-bond donors (Lipinski definition) is 1. The van der Waals surface area contributed by atoms with Crippen molar-refractivity contribution >= 4 is 0 Å². The van der Waals surface area contributed by atoms with E-state index >= 15 is 0 Å². The second-order valence-corrected chi connectivity index (χ2v) is 5.11. The largest absolute Gasteiger partial charge is 0.379 e. The minimum Gasteiger partial charge on any atom is -0.379 e. The van der Waals surface area contributed by atoms with E-state index in [4.69, 9.17) is 10.5 Å². The first kappa shape index (κ1) is 10.4. The molecular formula is C11H22N2O. The van der Waals surface area contributed by atoms with Crippen molar-refractivity contribution in [3.05, 3.63) is 0 Å². The van der Waals surface area contributed by atoms with Crippen molar-refractivity contribution in [1.29, 1.82) is 0 Å². The summed E-state index contributed by atoms with van der Waals surface area (Å²) in [5.74, 6) is 0. The quantitative estimate of drug-likeness (QED) is 0.714. The average molecular weight is 198 g/mol. The van der Waals surface area contributed by atoms with Gasteiger partial charge < -0.3 is 15.4 Å². The van der Waals surface area contributed by atoms with E-state index in [-0.39, 0.29) is 11.5 Å². The fourth-order valence-corrected chi connectivity index (χ4v) is 2.52. The first-order valence-electron chi connectivity index (χ1n) is 5.76. The number of rotatable bonds is 2. The standard InChI is InChI=1S/C11H22N2O/c1-11(9-14-7-10(11)12)8-13-5-3-2-4-6-13/h10H,2-9,12H2,1H3. The fraction of sp³-hybridized carbons (Fsp3) is 1.00. The zero-order chi connectivity index (χ0) is 10.0. The maximum absolute atomic E-state index is 6.08. The lowest BCUT2D eigenvalue weighted by Gasteiger charge is -2.36. The van der Waals surface area contributed by atoms with Crippen LogP contribution in [0.15, 0.2) is 0 Å². The molecule has 2 atom stereocenters. The van der Waals surface area contributed by atoms with E-state index < -0.39 is 0 Å². The highest BCUT2D eigenvalue weighted by atomic mass is 16.5. The highest BCUT2D eigenvalue weighted by molar-refractivity contribution is 4.92. The molecule has 3 heteroatoms. The Bertz CT molecular complexity index is 192. The second kappa shape index (κ2) is 4.17. The molecule has 0 spiro atoms. The maximum Gasteiger partial charge on any atom is 0.0624 e. The lowest BCUT2D eigenvalue weighted by Crippen LogP contribution is -2.48. The number of likely N-dealkylation sites (tertiary alicyclic amines) is 1. The molecule has 2 aliphatic rings. The molecule has 0 aromatic heterocycles. The van der Waals surface area contributed by atoms with Crippen LogP contribution in [0.5, 0.6) is 0 Å². The number of ether oxygens (including phenoxy) is 1. The summed E-state index contributed by atoms with van der Waals surface area (Å²) in [4.78, 5) is 2.55. The van der Waals surface area contributed by atoms with E-state index in [0.717, 1.165) is 19.8 Å². The molecule has 0 radical (unpaired) electrons. The number of hydrogen-bond acceptors (Lipinski definition) is 3.